The SMILES string of the molecule is [2H]C([2H])([2H])c1c[c-]c(-c2cc(C([2H])([2H])[2H])c(C([2H])([2H])[2H])cn2)cc1-c1ccccc1.[2H]C([2H])(c1ccnc(-c2[c-]ccc3c2oc2c4ccccc4ccc32)c1)C1CCCC1.[Ir]. The minimum atomic E-state index is -2.65. The zero-order valence-electron chi connectivity index (χ0n) is 38.6. The van der Waals surface area contributed by atoms with Crippen LogP contribution in [0.15, 0.2) is 126 Å². The predicted octanol–water partition coefficient (Wildman–Crippen LogP) is 12.5. The van der Waals surface area contributed by atoms with Gasteiger partial charge in [-0.25, -0.2) is 0 Å². The summed E-state index contributed by atoms with van der Waals surface area (Å²) in [6.07, 6.45) is 5.52. The Kier molecular flexibility index (Phi) is 7.00. The smallest absolute Gasteiger partial charge is 0.128 e. The maximum absolute atomic E-state index is 8.77. The Morgan fingerprint density at radius 3 is 2.39 bits per heavy atom. The standard InChI is InChI=1S/C27H22NO.C20H18N.Ir/c1-2-7-18(6-1)16-19-14-15-28-25(17-19)24-11-5-10-22-23-13-12-20-8-3-4-9-21(20)26(23)29-27(22)24;1-14-9-10-18(20-11-15(2)16(3)13-21-20)12-19(14)17-7-5-4-6-8-17;/h3-5,8-10,12-15,17-18H,1-2,6-7,16H2;4-9,11-13H,1-3H3;/q2*-1;/i16D2;1D3,2D3,3D3;. The van der Waals surface area contributed by atoms with Gasteiger partial charge in [0.15, 0.2) is 0 Å². The Bertz CT molecular complexity index is 2880. The molecule has 0 amide bonds. The Morgan fingerprint density at radius 1 is 0.745 bits per heavy atom. The van der Waals surface area contributed by atoms with E-state index in [0.717, 1.165) is 70.2 Å². The molecule has 4 heteroatoms. The second-order valence-electron chi connectivity index (χ2n) is 12.6. The molecule has 0 bridgehead atoms. The third-order valence-corrected chi connectivity index (χ3v) is 9.28. The molecule has 3 heterocycles. The van der Waals surface area contributed by atoms with Crippen molar-refractivity contribution in [1.82, 2.24) is 9.97 Å². The van der Waals surface area contributed by atoms with E-state index in [-0.39, 0.29) is 48.4 Å². The summed E-state index contributed by atoms with van der Waals surface area (Å²) >= 11 is 0. The van der Waals surface area contributed by atoms with E-state index < -0.39 is 26.9 Å². The first-order chi connectivity index (χ1) is 28.9. The Morgan fingerprint density at radius 2 is 1.55 bits per heavy atom. The molecule has 0 N–H and O–H groups in total. The molecule has 8 aromatic rings. The van der Waals surface area contributed by atoms with E-state index in [0.29, 0.717) is 27.9 Å². The molecule has 0 aliphatic heterocycles. The number of pyridine rings is 2. The summed E-state index contributed by atoms with van der Waals surface area (Å²) in [5.41, 5.74) is 4.92. The molecular weight excluding hydrogens is 801 g/mol. The van der Waals surface area contributed by atoms with Crippen LogP contribution in [0.5, 0.6) is 0 Å². The van der Waals surface area contributed by atoms with E-state index in [4.69, 9.17) is 19.5 Å². The summed E-state index contributed by atoms with van der Waals surface area (Å²) in [5.74, 6) is 0.0695. The molecule has 1 aliphatic rings. The minimum Gasteiger partial charge on any atom is -0.500 e. The molecule has 0 unspecified atom stereocenters. The van der Waals surface area contributed by atoms with Gasteiger partial charge in [0, 0.05) is 58.3 Å². The van der Waals surface area contributed by atoms with E-state index in [1.54, 1.807) is 36.5 Å². The van der Waals surface area contributed by atoms with Crippen molar-refractivity contribution >= 4 is 32.7 Å². The van der Waals surface area contributed by atoms with Gasteiger partial charge in [0.1, 0.15) is 5.58 Å². The number of furan rings is 1. The monoisotopic (exact) mass is 852 g/mol. The fraction of sp³-hybridized carbons (Fsp3) is 0.191. The zero-order valence-corrected chi connectivity index (χ0v) is 30.0. The van der Waals surface area contributed by atoms with Crippen molar-refractivity contribution < 1.29 is 39.6 Å². The van der Waals surface area contributed by atoms with Gasteiger partial charge in [-0.3, -0.25) is 0 Å². The van der Waals surface area contributed by atoms with Crippen molar-refractivity contribution in [3.05, 3.63) is 156 Å². The van der Waals surface area contributed by atoms with Gasteiger partial charge in [0.2, 0.25) is 0 Å². The van der Waals surface area contributed by atoms with Crippen LogP contribution in [0.2, 0.25) is 0 Å². The molecule has 1 radical (unpaired) electrons. The van der Waals surface area contributed by atoms with Crippen molar-refractivity contribution in [2.24, 2.45) is 5.92 Å². The van der Waals surface area contributed by atoms with Gasteiger partial charge in [-0.05, 0) is 60.0 Å². The van der Waals surface area contributed by atoms with E-state index in [9.17, 15) is 0 Å². The maximum atomic E-state index is 8.77. The summed E-state index contributed by atoms with van der Waals surface area (Å²) in [6.45, 7) is -7.65. The molecule has 3 aromatic heterocycles. The molecule has 1 aliphatic carbocycles. The summed E-state index contributed by atoms with van der Waals surface area (Å²) < 4.78 is 93.3. The van der Waals surface area contributed by atoms with Crippen molar-refractivity contribution in [3.8, 4) is 33.6 Å². The van der Waals surface area contributed by atoms with Crippen LogP contribution in [0.4, 0.5) is 0 Å². The zero-order chi connectivity index (χ0) is 43.3. The third-order valence-electron chi connectivity index (χ3n) is 9.28. The van der Waals surface area contributed by atoms with Crippen LogP contribution in [-0.4, -0.2) is 9.97 Å². The molecule has 1 saturated carbocycles. The largest absolute Gasteiger partial charge is 0.500 e. The number of benzene rings is 5. The number of aryl methyl sites for hydroxylation is 3. The van der Waals surface area contributed by atoms with Crippen LogP contribution in [0.25, 0.3) is 66.4 Å². The van der Waals surface area contributed by atoms with Gasteiger partial charge in [0.25, 0.3) is 0 Å². The summed E-state index contributed by atoms with van der Waals surface area (Å²) in [6, 6.07) is 39.3. The van der Waals surface area contributed by atoms with Gasteiger partial charge < -0.3 is 14.4 Å². The Labute approximate surface area is 329 Å². The van der Waals surface area contributed by atoms with Crippen LogP contribution in [0.1, 0.15) is 63.0 Å². The molecule has 1 fully saturated rings. The quantitative estimate of drug-likeness (QED) is 0.162. The fourth-order valence-electron chi connectivity index (χ4n) is 6.72. The average Bonchev–Trinajstić information content (AvgIpc) is 3.93. The van der Waals surface area contributed by atoms with Crippen LogP contribution in [0, 0.1) is 38.6 Å². The summed E-state index contributed by atoms with van der Waals surface area (Å²) in [4.78, 5) is 8.71. The predicted molar refractivity (Wildman–Crippen MR) is 207 cm³/mol. The van der Waals surface area contributed by atoms with Gasteiger partial charge in [-0.15, -0.1) is 47.5 Å². The molecular formula is C47H40IrN2O-2. The molecule has 5 aromatic carbocycles. The first kappa shape index (κ1) is 23.6. The van der Waals surface area contributed by atoms with Crippen LogP contribution in [-0.2, 0) is 26.5 Å². The molecule has 51 heavy (non-hydrogen) atoms. The van der Waals surface area contributed by atoms with Crippen LogP contribution in [0.3, 0.4) is 0 Å². The number of rotatable bonds is 5. The van der Waals surface area contributed by atoms with Crippen molar-refractivity contribution in [3.63, 3.8) is 0 Å². The summed E-state index contributed by atoms with van der Waals surface area (Å²) in [7, 11) is 0. The Hall–Kier alpha value is -4.89. The fourth-order valence-corrected chi connectivity index (χ4v) is 6.72. The van der Waals surface area contributed by atoms with Gasteiger partial charge in [-0.2, -0.15) is 0 Å². The number of fused-ring (bicyclic) bond motifs is 5. The van der Waals surface area contributed by atoms with E-state index in [1.165, 1.54) is 12.1 Å². The van der Waals surface area contributed by atoms with E-state index >= 15 is 0 Å². The molecule has 9 rings (SSSR count). The topological polar surface area (TPSA) is 38.9 Å². The first-order valence-electron chi connectivity index (χ1n) is 22.3. The number of nitrogens with zero attached hydrogens (tertiary/aromatic N) is 2. The average molecular weight is 852 g/mol. The van der Waals surface area contributed by atoms with E-state index in [2.05, 4.69) is 46.4 Å². The number of aromatic nitrogens is 2. The van der Waals surface area contributed by atoms with Gasteiger partial charge in [0.05, 0.1) is 5.58 Å². The van der Waals surface area contributed by atoms with Gasteiger partial charge >= 0.3 is 0 Å². The molecule has 3 nitrogen and oxygen atoms in total. The van der Waals surface area contributed by atoms with Crippen molar-refractivity contribution in [1.29, 1.82) is 0 Å². The minimum absolute atomic E-state index is 0. The summed E-state index contributed by atoms with van der Waals surface area (Å²) in [5, 5.41) is 4.33. The second-order valence-corrected chi connectivity index (χ2v) is 12.6. The normalized spacial score (nSPS) is 17.1. The maximum Gasteiger partial charge on any atom is 0.128 e. The second kappa shape index (κ2) is 15.2. The van der Waals surface area contributed by atoms with E-state index in [1.807, 2.05) is 42.5 Å². The van der Waals surface area contributed by atoms with Crippen molar-refractivity contribution in [2.75, 3.05) is 0 Å². The third kappa shape index (κ3) is 7.17. The van der Waals surface area contributed by atoms with Crippen LogP contribution < -0.4 is 0 Å². The van der Waals surface area contributed by atoms with Crippen molar-refractivity contribution in [2.45, 2.75) is 52.6 Å². The molecule has 0 saturated heterocycles. The Balaban J connectivity index is 0.000000184. The molecule has 0 atom stereocenters. The number of hydrogen-bond donors (Lipinski definition) is 0. The van der Waals surface area contributed by atoms with Crippen LogP contribution >= 0.6 is 0 Å². The molecule has 0 spiro atoms. The number of hydrogen-bond acceptors (Lipinski definition) is 3. The first-order valence-corrected chi connectivity index (χ1v) is 16.8. The van der Waals surface area contributed by atoms with Gasteiger partial charge in [-0.1, -0.05) is 139 Å². The molecule has 255 valence electrons.